The van der Waals surface area contributed by atoms with Gasteiger partial charge in [-0.2, -0.15) is 0 Å². The summed E-state index contributed by atoms with van der Waals surface area (Å²) in [6.07, 6.45) is 2.41. The Morgan fingerprint density at radius 2 is 2.00 bits per heavy atom. The van der Waals surface area contributed by atoms with Crippen LogP contribution in [0.1, 0.15) is 34.8 Å². The van der Waals surface area contributed by atoms with Gasteiger partial charge >= 0.3 is 11.9 Å². The number of ether oxygens (including phenoxy) is 2. The van der Waals surface area contributed by atoms with Crippen LogP contribution in [0.5, 0.6) is 0 Å². The molecule has 0 radical (unpaired) electrons. The predicted molar refractivity (Wildman–Crippen MR) is 107 cm³/mol. The van der Waals surface area contributed by atoms with Gasteiger partial charge in [-0.3, -0.25) is 0 Å². The van der Waals surface area contributed by atoms with Crippen molar-refractivity contribution < 1.29 is 19.1 Å². The van der Waals surface area contributed by atoms with E-state index >= 15 is 0 Å². The normalized spacial score (nSPS) is 14.9. The van der Waals surface area contributed by atoms with Gasteiger partial charge in [-0.25, -0.2) is 14.6 Å². The average molecular weight is 461 g/mol. The van der Waals surface area contributed by atoms with E-state index in [-0.39, 0.29) is 11.7 Å². The van der Waals surface area contributed by atoms with E-state index in [4.69, 9.17) is 9.47 Å². The molecule has 0 unspecified atom stereocenters. The first-order valence-electron chi connectivity index (χ1n) is 8.12. The molecule has 5 nitrogen and oxygen atoms in total. The number of hydrogen-bond donors (Lipinski definition) is 0. The van der Waals surface area contributed by atoms with E-state index in [1.807, 2.05) is 31.2 Å². The van der Waals surface area contributed by atoms with Crippen LogP contribution in [-0.2, 0) is 14.3 Å². The molecule has 2 aromatic rings. The zero-order valence-corrected chi connectivity index (χ0v) is 16.2. The maximum Gasteiger partial charge on any atom is 0.363 e. The highest BCUT2D eigenvalue weighted by Gasteiger charge is 2.24. The van der Waals surface area contributed by atoms with Crippen LogP contribution in [-0.4, -0.2) is 24.4 Å². The third kappa shape index (κ3) is 4.37. The minimum absolute atomic E-state index is 0.222. The van der Waals surface area contributed by atoms with Gasteiger partial charge in [0.2, 0.25) is 5.90 Å². The van der Waals surface area contributed by atoms with Crippen molar-refractivity contribution in [2.24, 2.45) is 4.99 Å². The van der Waals surface area contributed by atoms with Crippen molar-refractivity contribution in [1.29, 1.82) is 0 Å². The molecule has 3 rings (SSSR count). The fourth-order valence-corrected chi connectivity index (χ4v) is 2.85. The van der Waals surface area contributed by atoms with Crippen LogP contribution in [0.25, 0.3) is 6.08 Å². The van der Waals surface area contributed by atoms with Crippen LogP contribution in [0.2, 0.25) is 0 Å². The molecule has 0 fully saturated rings. The van der Waals surface area contributed by atoms with Crippen molar-refractivity contribution >= 4 is 46.5 Å². The van der Waals surface area contributed by atoms with Gasteiger partial charge in [0.15, 0.2) is 5.70 Å². The van der Waals surface area contributed by atoms with Gasteiger partial charge in [-0.05, 0) is 71.0 Å². The van der Waals surface area contributed by atoms with Gasteiger partial charge in [0.1, 0.15) is 0 Å². The highest BCUT2D eigenvalue weighted by Crippen LogP contribution is 2.20. The molecule has 0 amide bonds. The average Bonchev–Trinajstić information content (AvgIpc) is 3.01. The summed E-state index contributed by atoms with van der Waals surface area (Å²) >= 11 is 2.19. The SMILES string of the molecule is CCCOC(=O)c1ccc(/C=C2\N=C(c3cccc(I)c3)OC2=O)cc1. The lowest BCUT2D eigenvalue weighted by Gasteiger charge is -2.03. The summed E-state index contributed by atoms with van der Waals surface area (Å²) in [6.45, 7) is 2.33. The number of esters is 2. The molecule has 1 aliphatic heterocycles. The molecule has 1 aliphatic rings. The third-order valence-electron chi connectivity index (χ3n) is 3.58. The third-order valence-corrected chi connectivity index (χ3v) is 4.25. The van der Waals surface area contributed by atoms with Gasteiger partial charge < -0.3 is 9.47 Å². The molecule has 1 heterocycles. The minimum Gasteiger partial charge on any atom is -0.462 e. The molecular formula is C20H16INO4. The number of cyclic esters (lactones) is 1. The number of nitrogens with zero attached hydrogens (tertiary/aromatic N) is 1. The molecule has 0 atom stereocenters. The van der Waals surface area contributed by atoms with Gasteiger partial charge in [-0.1, -0.05) is 25.1 Å². The highest BCUT2D eigenvalue weighted by molar-refractivity contribution is 14.1. The summed E-state index contributed by atoms with van der Waals surface area (Å²) < 4.78 is 11.4. The lowest BCUT2D eigenvalue weighted by Crippen LogP contribution is -2.06. The van der Waals surface area contributed by atoms with Crippen LogP contribution in [0, 0.1) is 3.57 Å². The van der Waals surface area contributed by atoms with Crippen LogP contribution in [0.15, 0.2) is 59.2 Å². The molecule has 132 valence electrons. The van der Waals surface area contributed by atoms with E-state index in [2.05, 4.69) is 27.6 Å². The number of halogens is 1. The van der Waals surface area contributed by atoms with E-state index in [0.29, 0.717) is 18.1 Å². The quantitative estimate of drug-likeness (QED) is 0.381. The molecule has 0 aromatic heterocycles. The summed E-state index contributed by atoms with van der Waals surface area (Å²) in [4.78, 5) is 28.1. The van der Waals surface area contributed by atoms with E-state index in [1.54, 1.807) is 30.3 Å². The standard InChI is InChI=1S/C20H16INO4/c1-2-10-25-19(23)14-8-6-13(7-9-14)11-17-20(24)26-18(22-17)15-4-3-5-16(21)12-15/h3-9,11-12H,2,10H2,1H3/b17-11-. The van der Waals surface area contributed by atoms with Gasteiger partial charge in [0.25, 0.3) is 0 Å². The maximum absolute atomic E-state index is 12.1. The van der Waals surface area contributed by atoms with Crippen LogP contribution < -0.4 is 0 Å². The van der Waals surface area contributed by atoms with Crippen molar-refractivity contribution in [3.05, 3.63) is 74.5 Å². The summed E-state index contributed by atoms with van der Waals surface area (Å²) in [5, 5.41) is 0. The molecule has 0 spiro atoms. The Balaban J connectivity index is 1.79. The minimum atomic E-state index is -0.495. The lowest BCUT2D eigenvalue weighted by atomic mass is 10.1. The molecule has 0 aliphatic carbocycles. The number of hydrogen-bond acceptors (Lipinski definition) is 5. The summed E-state index contributed by atoms with van der Waals surface area (Å²) in [5.41, 5.74) is 2.19. The molecule has 0 bridgehead atoms. The first-order valence-corrected chi connectivity index (χ1v) is 9.20. The van der Waals surface area contributed by atoms with Crippen molar-refractivity contribution in [3.63, 3.8) is 0 Å². The summed E-state index contributed by atoms with van der Waals surface area (Å²) in [5.74, 6) is -0.560. The smallest absolute Gasteiger partial charge is 0.363 e. The second kappa shape index (κ2) is 8.27. The van der Waals surface area contributed by atoms with Crippen molar-refractivity contribution in [2.75, 3.05) is 6.61 Å². The topological polar surface area (TPSA) is 65.0 Å². The van der Waals surface area contributed by atoms with E-state index < -0.39 is 5.97 Å². The Morgan fingerprint density at radius 1 is 1.23 bits per heavy atom. The zero-order chi connectivity index (χ0) is 18.5. The van der Waals surface area contributed by atoms with Gasteiger partial charge in [0, 0.05) is 9.13 Å². The van der Waals surface area contributed by atoms with E-state index in [9.17, 15) is 9.59 Å². The Labute approximate surface area is 164 Å². The number of benzene rings is 2. The van der Waals surface area contributed by atoms with Crippen LogP contribution in [0.3, 0.4) is 0 Å². The monoisotopic (exact) mass is 461 g/mol. The van der Waals surface area contributed by atoms with Crippen molar-refractivity contribution in [1.82, 2.24) is 0 Å². The first-order chi connectivity index (χ1) is 12.6. The molecule has 0 N–H and O–H groups in total. The largest absolute Gasteiger partial charge is 0.462 e. The number of aliphatic imine (C=N–C) groups is 1. The highest BCUT2D eigenvalue weighted by atomic mass is 127. The summed E-state index contributed by atoms with van der Waals surface area (Å²) in [6, 6.07) is 14.4. The Hall–Kier alpha value is -2.48. The van der Waals surface area contributed by atoms with Gasteiger partial charge in [0.05, 0.1) is 12.2 Å². The fourth-order valence-electron chi connectivity index (χ4n) is 2.31. The van der Waals surface area contributed by atoms with E-state index in [1.165, 1.54) is 0 Å². The molecule has 0 saturated heterocycles. The Morgan fingerprint density at radius 3 is 2.69 bits per heavy atom. The number of carbonyl (C=O) groups excluding carboxylic acids is 2. The van der Waals surface area contributed by atoms with Crippen molar-refractivity contribution in [2.45, 2.75) is 13.3 Å². The molecule has 26 heavy (non-hydrogen) atoms. The predicted octanol–water partition coefficient (Wildman–Crippen LogP) is 4.20. The number of rotatable bonds is 5. The van der Waals surface area contributed by atoms with Gasteiger partial charge in [-0.15, -0.1) is 0 Å². The van der Waals surface area contributed by atoms with Crippen LogP contribution in [0.4, 0.5) is 0 Å². The Bertz CT molecular complexity index is 900. The summed E-state index contributed by atoms with van der Waals surface area (Å²) in [7, 11) is 0. The molecule has 2 aromatic carbocycles. The maximum atomic E-state index is 12.1. The number of carbonyl (C=O) groups is 2. The Kier molecular flexibility index (Phi) is 5.82. The van der Waals surface area contributed by atoms with Crippen LogP contribution >= 0.6 is 22.6 Å². The lowest BCUT2D eigenvalue weighted by molar-refractivity contribution is -0.129. The molecular weight excluding hydrogens is 445 g/mol. The van der Waals surface area contributed by atoms with Crippen molar-refractivity contribution in [3.8, 4) is 0 Å². The second-order valence-corrected chi connectivity index (χ2v) is 6.85. The fraction of sp³-hybridized carbons (Fsp3) is 0.150. The molecule has 6 heteroatoms. The van der Waals surface area contributed by atoms with E-state index in [0.717, 1.165) is 21.1 Å². The first kappa shape index (κ1) is 18.3. The second-order valence-electron chi connectivity index (χ2n) is 5.60. The molecule has 0 saturated carbocycles. The zero-order valence-electron chi connectivity index (χ0n) is 14.1.